The van der Waals surface area contributed by atoms with Gasteiger partial charge in [-0.25, -0.2) is 0 Å². The van der Waals surface area contributed by atoms with Gasteiger partial charge in [0.15, 0.2) is 6.29 Å². The van der Waals surface area contributed by atoms with Gasteiger partial charge >= 0.3 is 0 Å². The lowest BCUT2D eigenvalue weighted by Crippen LogP contribution is -2.60. The van der Waals surface area contributed by atoms with Crippen molar-refractivity contribution in [3.63, 3.8) is 0 Å². The molecule has 0 aromatic heterocycles. The summed E-state index contributed by atoms with van der Waals surface area (Å²) in [6.45, 7) is 3.49. The van der Waals surface area contributed by atoms with Gasteiger partial charge in [-0.05, 0) is 38.5 Å². The van der Waals surface area contributed by atoms with E-state index in [0.29, 0.717) is 19.3 Å². The van der Waals surface area contributed by atoms with Gasteiger partial charge in [-0.15, -0.1) is 0 Å². The lowest BCUT2D eigenvalue weighted by atomic mass is 9.99. The van der Waals surface area contributed by atoms with Crippen molar-refractivity contribution in [2.75, 3.05) is 13.2 Å². The van der Waals surface area contributed by atoms with Crippen LogP contribution in [0.25, 0.3) is 0 Å². The average molecular weight is 698 g/mol. The molecule has 286 valence electrons. The molecule has 0 radical (unpaired) electrons. The van der Waals surface area contributed by atoms with Crippen molar-refractivity contribution in [2.24, 2.45) is 0 Å². The Hall–Kier alpha value is -1.63. The van der Waals surface area contributed by atoms with Crippen LogP contribution in [0.15, 0.2) is 36.5 Å². The fraction of sp³-hybridized carbons (Fsp3) is 0.821. The molecule has 1 fully saturated rings. The summed E-state index contributed by atoms with van der Waals surface area (Å²) in [4.78, 5) is 12.9. The maximum absolute atomic E-state index is 12.9. The van der Waals surface area contributed by atoms with E-state index in [9.17, 15) is 35.4 Å². The number of hydrogen-bond acceptors (Lipinski definition) is 9. The third-order valence-electron chi connectivity index (χ3n) is 9.05. The van der Waals surface area contributed by atoms with Gasteiger partial charge in [0.2, 0.25) is 5.91 Å². The van der Waals surface area contributed by atoms with Crippen LogP contribution >= 0.6 is 0 Å². The SMILES string of the molecule is CCCC/C=C/CC/C=C/CC/C=C/C(O)C(COC1OC(CO)C(O)C(O)C1O)NC(=O)C(O)CCCCCCCCCCCCCC. The van der Waals surface area contributed by atoms with Crippen LogP contribution < -0.4 is 5.32 Å². The second kappa shape index (κ2) is 30.0. The van der Waals surface area contributed by atoms with Gasteiger partial charge in [0.1, 0.15) is 30.5 Å². The van der Waals surface area contributed by atoms with Crippen molar-refractivity contribution in [1.82, 2.24) is 5.32 Å². The van der Waals surface area contributed by atoms with E-state index < -0.39 is 61.5 Å². The van der Waals surface area contributed by atoms with E-state index in [1.165, 1.54) is 64.2 Å². The van der Waals surface area contributed by atoms with E-state index in [1.807, 2.05) is 6.08 Å². The predicted molar refractivity (Wildman–Crippen MR) is 195 cm³/mol. The Balaban J connectivity index is 2.57. The van der Waals surface area contributed by atoms with Gasteiger partial charge in [-0.3, -0.25) is 4.79 Å². The molecule has 10 heteroatoms. The monoisotopic (exact) mass is 698 g/mol. The molecular weight excluding hydrogens is 626 g/mol. The van der Waals surface area contributed by atoms with Crippen LogP contribution in [0.3, 0.4) is 0 Å². The molecule has 10 nitrogen and oxygen atoms in total. The summed E-state index contributed by atoms with van der Waals surface area (Å²) in [5.74, 6) is -0.635. The van der Waals surface area contributed by atoms with Crippen molar-refractivity contribution in [1.29, 1.82) is 0 Å². The highest BCUT2D eigenvalue weighted by atomic mass is 16.7. The Kier molecular flexibility index (Phi) is 27.8. The number of hydrogen-bond donors (Lipinski definition) is 7. The van der Waals surface area contributed by atoms with Crippen LogP contribution in [0.4, 0.5) is 0 Å². The molecule has 1 heterocycles. The minimum atomic E-state index is -1.61. The van der Waals surface area contributed by atoms with Gasteiger partial charge in [-0.2, -0.15) is 0 Å². The zero-order chi connectivity index (χ0) is 36.1. The summed E-state index contributed by atoms with van der Waals surface area (Å²) < 4.78 is 11.1. The van der Waals surface area contributed by atoms with Crippen LogP contribution in [-0.4, -0.2) is 98.7 Å². The molecule has 8 unspecified atom stereocenters. The molecule has 1 aliphatic rings. The molecule has 1 amide bonds. The number of rotatable bonds is 30. The first kappa shape index (κ1) is 45.4. The van der Waals surface area contributed by atoms with E-state index in [4.69, 9.17) is 9.47 Å². The third-order valence-corrected chi connectivity index (χ3v) is 9.05. The fourth-order valence-corrected chi connectivity index (χ4v) is 5.77. The molecule has 0 aromatic carbocycles. The number of amides is 1. The van der Waals surface area contributed by atoms with Crippen LogP contribution in [0.2, 0.25) is 0 Å². The Labute approximate surface area is 296 Å². The van der Waals surface area contributed by atoms with Crippen LogP contribution in [0.5, 0.6) is 0 Å². The van der Waals surface area contributed by atoms with Crippen LogP contribution in [-0.2, 0) is 14.3 Å². The van der Waals surface area contributed by atoms with Crippen molar-refractivity contribution < 1.29 is 44.9 Å². The zero-order valence-electron chi connectivity index (χ0n) is 30.5. The number of carbonyl (C=O) groups is 1. The molecular formula is C39H71NO9. The normalized spacial score (nSPS) is 23.5. The van der Waals surface area contributed by atoms with E-state index in [2.05, 4.69) is 43.5 Å². The molecule has 0 spiro atoms. The summed E-state index contributed by atoms with van der Waals surface area (Å²) in [5, 5.41) is 64.2. The minimum absolute atomic E-state index is 0.302. The molecule has 1 saturated heterocycles. The van der Waals surface area contributed by atoms with Crippen molar-refractivity contribution in [3.05, 3.63) is 36.5 Å². The first-order chi connectivity index (χ1) is 23.8. The maximum atomic E-state index is 12.9. The number of ether oxygens (including phenoxy) is 2. The molecule has 1 rings (SSSR count). The topological polar surface area (TPSA) is 169 Å². The quantitative estimate of drug-likeness (QED) is 0.0378. The van der Waals surface area contributed by atoms with Crippen LogP contribution in [0, 0.1) is 0 Å². The second-order valence-electron chi connectivity index (χ2n) is 13.5. The maximum Gasteiger partial charge on any atom is 0.249 e. The van der Waals surface area contributed by atoms with E-state index >= 15 is 0 Å². The van der Waals surface area contributed by atoms with Crippen molar-refractivity contribution in [3.8, 4) is 0 Å². The summed E-state index contributed by atoms with van der Waals surface area (Å²) in [7, 11) is 0. The molecule has 0 bridgehead atoms. The minimum Gasteiger partial charge on any atom is -0.394 e. The van der Waals surface area contributed by atoms with E-state index in [0.717, 1.165) is 44.9 Å². The Morgan fingerprint density at radius 1 is 0.694 bits per heavy atom. The van der Waals surface area contributed by atoms with Crippen molar-refractivity contribution in [2.45, 2.75) is 191 Å². The molecule has 8 atom stereocenters. The fourth-order valence-electron chi connectivity index (χ4n) is 5.77. The van der Waals surface area contributed by atoms with E-state index in [-0.39, 0.29) is 6.61 Å². The lowest BCUT2D eigenvalue weighted by Gasteiger charge is -2.40. The summed E-state index contributed by atoms with van der Waals surface area (Å²) in [6.07, 6.45) is 23.8. The van der Waals surface area contributed by atoms with Gasteiger partial charge < -0.3 is 45.4 Å². The predicted octanol–water partition coefficient (Wildman–Crippen LogP) is 5.52. The first-order valence-corrected chi connectivity index (χ1v) is 19.3. The van der Waals surface area contributed by atoms with E-state index in [1.54, 1.807) is 6.08 Å². The van der Waals surface area contributed by atoms with Gasteiger partial charge in [-0.1, -0.05) is 140 Å². The number of allylic oxidation sites excluding steroid dienone is 5. The zero-order valence-corrected chi connectivity index (χ0v) is 30.5. The summed E-state index contributed by atoms with van der Waals surface area (Å²) in [6, 6.07) is -0.997. The van der Waals surface area contributed by atoms with Gasteiger partial charge in [0.25, 0.3) is 0 Å². The molecule has 0 saturated carbocycles. The second-order valence-corrected chi connectivity index (χ2v) is 13.5. The first-order valence-electron chi connectivity index (χ1n) is 19.3. The standard InChI is InChI=1S/C39H71NO9/c1-3-5-7-9-11-13-15-17-19-21-23-25-27-32(42)31(30-48-39-37(46)36(45)35(44)34(29-41)49-39)40-38(47)33(43)28-26-24-22-20-18-16-14-12-10-8-6-4-2/h9,11,17,19,25,27,31-37,39,41-46H,3-8,10,12-16,18,20-24,26,28-30H2,1-2H3,(H,40,47)/b11-9+,19-17+,27-25+. The average Bonchev–Trinajstić information content (AvgIpc) is 3.10. The lowest BCUT2D eigenvalue weighted by molar-refractivity contribution is -0.302. The Morgan fingerprint density at radius 2 is 1.20 bits per heavy atom. The van der Waals surface area contributed by atoms with Gasteiger partial charge in [0.05, 0.1) is 25.4 Å². The number of carbonyl (C=O) groups excluding carboxylic acids is 1. The molecule has 7 N–H and O–H groups in total. The molecule has 0 aromatic rings. The molecule has 1 aliphatic heterocycles. The number of nitrogens with one attached hydrogen (secondary N) is 1. The number of aliphatic hydroxyl groups excluding tert-OH is 6. The van der Waals surface area contributed by atoms with Gasteiger partial charge in [0, 0.05) is 0 Å². The highest BCUT2D eigenvalue weighted by Gasteiger charge is 2.44. The number of aliphatic hydroxyl groups is 6. The highest BCUT2D eigenvalue weighted by Crippen LogP contribution is 2.22. The Bertz CT molecular complexity index is 881. The highest BCUT2D eigenvalue weighted by molar-refractivity contribution is 5.80. The molecule has 49 heavy (non-hydrogen) atoms. The third kappa shape index (κ3) is 21.4. The number of unbranched alkanes of at least 4 members (excludes halogenated alkanes) is 15. The van der Waals surface area contributed by atoms with Crippen LogP contribution in [0.1, 0.15) is 142 Å². The molecule has 0 aliphatic carbocycles. The summed E-state index contributed by atoms with van der Waals surface area (Å²) in [5.41, 5.74) is 0. The largest absolute Gasteiger partial charge is 0.394 e. The Morgan fingerprint density at radius 3 is 1.76 bits per heavy atom. The van der Waals surface area contributed by atoms with Crippen molar-refractivity contribution >= 4 is 5.91 Å². The summed E-state index contributed by atoms with van der Waals surface area (Å²) >= 11 is 0. The smallest absolute Gasteiger partial charge is 0.249 e.